The van der Waals surface area contributed by atoms with Gasteiger partial charge in [0.15, 0.2) is 0 Å². The third-order valence-electron chi connectivity index (χ3n) is 5.06. The summed E-state index contributed by atoms with van der Waals surface area (Å²) in [6.45, 7) is 10.9. The molecule has 2 aliphatic rings. The van der Waals surface area contributed by atoms with E-state index >= 15 is 0 Å². The Morgan fingerprint density at radius 2 is 2.00 bits per heavy atom. The molecule has 0 aromatic rings. The van der Waals surface area contributed by atoms with Gasteiger partial charge in [0, 0.05) is 18.6 Å². The average Bonchev–Trinajstić information content (AvgIpc) is 2.79. The Kier molecular flexibility index (Phi) is 5.84. The molecule has 1 aliphatic heterocycles. The van der Waals surface area contributed by atoms with Crippen molar-refractivity contribution in [3.8, 4) is 0 Å². The highest BCUT2D eigenvalue weighted by molar-refractivity contribution is 4.99. The minimum absolute atomic E-state index is 0.0156. The van der Waals surface area contributed by atoms with Crippen LogP contribution in [0.3, 0.4) is 0 Å². The van der Waals surface area contributed by atoms with Crippen LogP contribution in [0.5, 0.6) is 0 Å². The molecule has 0 aromatic carbocycles. The molecule has 0 bridgehead atoms. The van der Waals surface area contributed by atoms with E-state index in [-0.39, 0.29) is 12.1 Å². The van der Waals surface area contributed by atoms with Gasteiger partial charge in [-0.05, 0) is 52.1 Å². The lowest BCUT2D eigenvalue weighted by Gasteiger charge is -2.38. The molecule has 1 saturated heterocycles. The summed E-state index contributed by atoms with van der Waals surface area (Å²) in [5.41, 5.74) is -0.0156. The summed E-state index contributed by atoms with van der Waals surface area (Å²) < 4.78 is 5.79. The first kappa shape index (κ1) is 16.2. The van der Waals surface area contributed by atoms with Crippen molar-refractivity contribution in [3.05, 3.63) is 0 Å². The molecule has 2 fully saturated rings. The molecule has 4 atom stereocenters. The first-order valence-corrected chi connectivity index (χ1v) is 8.33. The van der Waals surface area contributed by atoms with Crippen molar-refractivity contribution >= 4 is 0 Å². The molecule has 118 valence electrons. The first-order valence-electron chi connectivity index (χ1n) is 8.33. The van der Waals surface area contributed by atoms with Crippen LogP contribution in [0.1, 0.15) is 46.5 Å². The van der Waals surface area contributed by atoms with Gasteiger partial charge in [0.05, 0.1) is 18.8 Å². The molecule has 0 aromatic heterocycles. The first-order chi connectivity index (χ1) is 9.59. The number of hydrogen-bond donors (Lipinski definition) is 2. The molecule has 1 aliphatic carbocycles. The van der Waals surface area contributed by atoms with Crippen molar-refractivity contribution in [1.82, 2.24) is 10.2 Å². The van der Waals surface area contributed by atoms with E-state index in [2.05, 4.69) is 31.0 Å². The molecule has 4 heteroatoms. The minimum atomic E-state index is -0.0156. The fourth-order valence-corrected chi connectivity index (χ4v) is 4.22. The van der Waals surface area contributed by atoms with E-state index in [1.165, 1.54) is 19.3 Å². The lowest BCUT2D eigenvalue weighted by atomic mass is 9.85. The Hall–Kier alpha value is -0.160. The van der Waals surface area contributed by atoms with Gasteiger partial charge in [0.1, 0.15) is 0 Å². The van der Waals surface area contributed by atoms with Gasteiger partial charge in [0.25, 0.3) is 0 Å². The van der Waals surface area contributed by atoms with Crippen LogP contribution in [0.4, 0.5) is 0 Å². The average molecular weight is 284 g/mol. The third kappa shape index (κ3) is 3.73. The molecular weight excluding hydrogens is 252 g/mol. The zero-order valence-electron chi connectivity index (χ0n) is 13.4. The highest BCUT2D eigenvalue weighted by Gasteiger charge is 2.41. The maximum atomic E-state index is 9.84. The quantitative estimate of drug-likeness (QED) is 0.778. The van der Waals surface area contributed by atoms with E-state index in [4.69, 9.17) is 4.74 Å². The van der Waals surface area contributed by atoms with Crippen LogP contribution in [0, 0.1) is 5.92 Å². The monoisotopic (exact) mass is 284 g/mol. The van der Waals surface area contributed by atoms with Gasteiger partial charge in [-0.1, -0.05) is 13.3 Å². The molecular formula is C16H32N2O2. The van der Waals surface area contributed by atoms with Crippen molar-refractivity contribution in [1.29, 1.82) is 0 Å². The summed E-state index contributed by atoms with van der Waals surface area (Å²) in [5.74, 6) is 0.612. The van der Waals surface area contributed by atoms with Gasteiger partial charge < -0.3 is 15.2 Å². The van der Waals surface area contributed by atoms with Crippen LogP contribution in [0.2, 0.25) is 0 Å². The largest absolute Gasteiger partial charge is 0.394 e. The number of aliphatic hydroxyl groups excluding tert-OH is 1. The molecule has 1 saturated carbocycles. The Morgan fingerprint density at radius 3 is 2.60 bits per heavy atom. The molecule has 0 spiro atoms. The molecule has 2 N–H and O–H groups in total. The maximum absolute atomic E-state index is 9.84. The molecule has 0 radical (unpaired) electrons. The zero-order chi connectivity index (χ0) is 14.6. The topological polar surface area (TPSA) is 44.7 Å². The fourth-order valence-electron chi connectivity index (χ4n) is 4.22. The zero-order valence-corrected chi connectivity index (χ0v) is 13.4. The highest BCUT2D eigenvalue weighted by Crippen LogP contribution is 2.37. The van der Waals surface area contributed by atoms with E-state index in [9.17, 15) is 5.11 Å². The van der Waals surface area contributed by atoms with E-state index in [1.807, 2.05) is 0 Å². The van der Waals surface area contributed by atoms with E-state index in [0.29, 0.717) is 18.1 Å². The Labute approximate surface area is 123 Å². The summed E-state index contributed by atoms with van der Waals surface area (Å²) >= 11 is 0. The smallest absolute Gasteiger partial charge is 0.0678 e. The summed E-state index contributed by atoms with van der Waals surface area (Å²) in [7, 11) is 0. The van der Waals surface area contributed by atoms with Crippen LogP contribution in [0.15, 0.2) is 0 Å². The summed E-state index contributed by atoms with van der Waals surface area (Å²) in [6.07, 6.45) is 5.50. The predicted molar refractivity (Wildman–Crippen MR) is 81.9 cm³/mol. The minimum Gasteiger partial charge on any atom is -0.394 e. The number of hydrogen-bond acceptors (Lipinski definition) is 4. The lowest BCUT2D eigenvalue weighted by molar-refractivity contribution is -0.0697. The lowest BCUT2D eigenvalue weighted by Crippen LogP contribution is -2.52. The van der Waals surface area contributed by atoms with Crippen molar-refractivity contribution in [2.24, 2.45) is 5.92 Å². The number of ether oxygens (including phenoxy) is 1. The van der Waals surface area contributed by atoms with Crippen LogP contribution >= 0.6 is 0 Å². The van der Waals surface area contributed by atoms with Crippen molar-refractivity contribution in [2.75, 3.05) is 32.8 Å². The molecule has 0 amide bonds. The van der Waals surface area contributed by atoms with Crippen molar-refractivity contribution in [3.63, 3.8) is 0 Å². The highest BCUT2D eigenvalue weighted by atomic mass is 16.5. The Morgan fingerprint density at radius 1 is 1.30 bits per heavy atom. The second-order valence-electron chi connectivity index (χ2n) is 6.74. The van der Waals surface area contributed by atoms with E-state index in [0.717, 1.165) is 32.6 Å². The number of nitrogens with one attached hydrogen (secondary N) is 1. The molecule has 4 nitrogen and oxygen atoms in total. The summed E-state index contributed by atoms with van der Waals surface area (Å²) in [5, 5.41) is 13.4. The van der Waals surface area contributed by atoms with Gasteiger partial charge >= 0.3 is 0 Å². The fraction of sp³-hybridized carbons (Fsp3) is 1.00. The third-order valence-corrected chi connectivity index (χ3v) is 5.06. The number of morpholine rings is 1. The molecule has 4 unspecified atom stereocenters. The standard InChI is InChI=1S/C16H32N2O2/c1-4-17-16(12-19)8-5-6-15(16)7-9-18-10-13(2)20-14(3)11-18/h13-15,17,19H,4-12H2,1-3H3. The molecule has 1 heterocycles. The van der Waals surface area contributed by atoms with Gasteiger partial charge in [0.2, 0.25) is 0 Å². The number of rotatable bonds is 6. The second-order valence-corrected chi connectivity index (χ2v) is 6.74. The predicted octanol–water partition coefficient (Wildman–Crippen LogP) is 1.63. The van der Waals surface area contributed by atoms with Crippen LogP contribution in [0.25, 0.3) is 0 Å². The number of nitrogens with zero attached hydrogens (tertiary/aromatic N) is 1. The van der Waals surface area contributed by atoms with Crippen molar-refractivity contribution < 1.29 is 9.84 Å². The molecule has 20 heavy (non-hydrogen) atoms. The van der Waals surface area contributed by atoms with Crippen LogP contribution in [-0.4, -0.2) is 60.5 Å². The number of likely N-dealkylation sites (N-methyl/N-ethyl adjacent to an activating group) is 1. The maximum Gasteiger partial charge on any atom is 0.0678 e. The SMILES string of the molecule is CCNC1(CO)CCCC1CCN1CC(C)OC(C)C1. The van der Waals surface area contributed by atoms with Crippen LogP contribution in [-0.2, 0) is 4.74 Å². The normalized spacial score (nSPS) is 39.3. The van der Waals surface area contributed by atoms with Crippen LogP contribution < -0.4 is 5.32 Å². The van der Waals surface area contributed by atoms with Gasteiger partial charge in [-0.25, -0.2) is 0 Å². The summed E-state index contributed by atoms with van der Waals surface area (Å²) in [4.78, 5) is 2.53. The van der Waals surface area contributed by atoms with Gasteiger partial charge in [-0.15, -0.1) is 0 Å². The van der Waals surface area contributed by atoms with E-state index < -0.39 is 0 Å². The molecule has 2 rings (SSSR count). The number of aliphatic hydroxyl groups is 1. The van der Waals surface area contributed by atoms with Gasteiger partial charge in [-0.3, -0.25) is 4.90 Å². The Bertz CT molecular complexity index is 290. The van der Waals surface area contributed by atoms with E-state index in [1.54, 1.807) is 0 Å². The second kappa shape index (κ2) is 7.21. The summed E-state index contributed by atoms with van der Waals surface area (Å²) in [6, 6.07) is 0. The van der Waals surface area contributed by atoms with Gasteiger partial charge in [-0.2, -0.15) is 0 Å². The van der Waals surface area contributed by atoms with Crippen molar-refractivity contribution in [2.45, 2.75) is 64.2 Å². The Balaban J connectivity index is 1.86.